The number of anilines is 1. The van der Waals surface area contributed by atoms with Crippen molar-refractivity contribution in [2.75, 3.05) is 37.7 Å². The third-order valence-electron chi connectivity index (χ3n) is 5.76. The van der Waals surface area contributed by atoms with Crippen LogP contribution in [0.25, 0.3) is 11.1 Å². The van der Waals surface area contributed by atoms with E-state index in [4.69, 9.17) is 15.1 Å². The number of carboxylic acid groups (broad SMARTS) is 1. The molecule has 1 aliphatic heterocycles. The minimum absolute atomic E-state index is 0.348. The molecule has 0 bridgehead atoms. The van der Waals surface area contributed by atoms with Crippen molar-refractivity contribution in [3.63, 3.8) is 0 Å². The van der Waals surface area contributed by atoms with Gasteiger partial charge in [-0.15, -0.1) is 0 Å². The van der Waals surface area contributed by atoms with E-state index in [1.165, 1.54) is 0 Å². The van der Waals surface area contributed by atoms with Crippen LogP contribution in [0.4, 0.5) is 5.69 Å². The van der Waals surface area contributed by atoms with Crippen molar-refractivity contribution in [3.05, 3.63) is 77.6 Å². The number of carboxylic acids is 1. The number of para-hydroxylation sites is 1. The number of aromatic nitrogens is 1. The van der Waals surface area contributed by atoms with Gasteiger partial charge in [0.2, 0.25) is 0 Å². The molecule has 2 heterocycles. The summed E-state index contributed by atoms with van der Waals surface area (Å²) in [6, 6.07) is 21.0. The lowest BCUT2D eigenvalue weighted by molar-refractivity contribution is -0.139. The molecule has 4 rings (SSSR count). The van der Waals surface area contributed by atoms with Crippen LogP contribution < -0.4 is 9.64 Å². The van der Waals surface area contributed by atoms with Crippen molar-refractivity contribution in [3.8, 4) is 29.0 Å². The van der Waals surface area contributed by atoms with Crippen molar-refractivity contribution < 1.29 is 14.6 Å². The molecule has 0 unspecified atom stereocenters. The van der Waals surface area contributed by atoms with E-state index in [-0.39, 0.29) is 0 Å². The lowest BCUT2D eigenvalue weighted by atomic mass is 9.99. The van der Waals surface area contributed by atoms with Crippen molar-refractivity contribution in [1.29, 1.82) is 10.5 Å². The van der Waals surface area contributed by atoms with Crippen LogP contribution in [0.3, 0.4) is 0 Å². The summed E-state index contributed by atoms with van der Waals surface area (Å²) >= 11 is 0. The van der Waals surface area contributed by atoms with Gasteiger partial charge in [0.1, 0.15) is 23.6 Å². The van der Waals surface area contributed by atoms with Gasteiger partial charge in [-0.2, -0.15) is 10.5 Å². The summed E-state index contributed by atoms with van der Waals surface area (Å²) in [4.78, 5) is 19.7. The second kappa shape index (κ2) is 10.5. The highest BCUT2D eigenvalue weighted by Crippen LogP contribution is 2.29. The zero-order valence-corrected chi connectivity index (χ0v) is 18.5. The molecule has 8 heteroatoms. The molecule has 0 atom stereocenters. The number of piperazine rings is 1. The summed E-state index contributed by atoms with van der Waals surface area (Å²) < 4.78 is 5.41. The normalized spacial score (nSPS) is 13.6. The van der Waals surface area contributed by atoms with Gasteiger partial charge in [-0.05, 0) is 47.5 Å². The van der Waals surface area contributed by atoms with E-state index in [0.717, 1.165) is 48.6 Å². The first kappa shape index (κ1) is 22.8. The van der Waals surface area contributed by atoms with Gasteiger partial charge in [-0.1, -0.05) is 18.2 Å². The van der Waals surface area contributed by atoms with E-state index in [9.17, 15) is 10.1 Å². The molecule has 0 amide bonds. The molecule has 8 nitrogen and oxygen atoms in total. The fourth-order valence-corrected chi connectivity index (χ4v) is 4.07. The molecule has 1 N–H and O–H groups in total. The molecule has 0 saturated carbocycles. The molecule has 0 radical (unpaired) electrons. The smallest absolute Gasteiger partial charge is 0.341 e. The number of ether oxygens (including phenoxy) is 1. The number of hydrogen-bond donors (Lipinski definition) is 1. The van der Waals surface area contributed by atoms with Gasteiger partial charge in [0.15, 0.2) is 6.61 Å². The maximum absolute atomic E-state index is 10.9. The van der Waals surface area contributed by atoms with E-state index in [0.29, 0.717) is 23.6 Å². The molecular formula is C26H23N5O3. The standard InChI is InChI=1S/C26H23N5O3/c27-14-19-3-1-2-4-25(19)31-11-9-30(10-12-31)17-21-13-23(34-18-26(32)33)7-8-24(21)20-5-6-22(15-28)29-16-20/h1-8,13,16H,9-12,17-18H2,(H,32,33). The quantitative estimate of drug-likeness (QED) is 0.580. The minimum atomic E-state index is -1.03. The number of pyridine rings is 1. The average molecular weight is 454 g/mol. The van der Waals surface area contributed by atoms with Gasteiger partial charge in [-0.25, -0.2) is 9.78 Å². The van der Waals surface area contributed by atoms with Crippen LogP contribution in [-0.4, -0.2) is 53.7 Å². The summed E-state index contributed by atoms with van der Waals surface area (Å²) in [6.45, 7) is 3.45. The molecule has 0 spiro atoms. The highest BCUT2D eigenvalue weighted by molar-refractivity contribution is 5.70. The van der Waals surface area contributed by atoms with Crippen LogP contribution in [0.5, 0.6) is 5.75 Å². The van der Waals surface area contributed by atoms with Crippen LogP contribution in [0.1, 0.15) is 16.8 Å². The van der Waals surface area contributed by atoms with Crippen molar-refractivity contribution in [2.45, 2.75) is 6.54 Å². The Labute approximate surface area is 197 Å². The maximum Gasteiger partial charge on any atom is 0.341 e. The number of carbonyl (C=O) groups is 1. The first-order chi connectivity index (χ1) is 16.6. The molecule has 2 aromatic carbocycles. The third kappa shape index (κ3) is 5.32. The van der Waals surface area contributed by atoms with Gasteiger partial charge < -0.3 is 14.7 Å². The van der Waals surface area contributed by atoms with Gasteiger partial charge in [0.05, 0.1) is 11.3 Å². The first-order valence-electron chi connectivity index (χ1n) is 10.9. The second-order valence-electron chi connectivity index (χ2n) is 7.94. The number of rotatable bonds is 7. The van der Waals surface area contributed by atoms with Crippen LogP contribution >= 0.6 is 0 Å². The number of hydrogen-bond acceptors (Lipinski definition) is 7. The second-order valence-corrected chi connectivity index (χ2v) is 7.94. The van der Waals surface area contributed by atoms with Crippen LogP contribution in [0, 0.1) is 22.7 Å². The van der Waals surface area contributed by atoms with Crippen molar-refractivity contribution >= 4 is 11.7 Å². The van der Waals surface area contributed by atoms with E-state index in [1.807, 2.05) is 48.5 Å². The first-order valence-corrected chi connectivity index (χ1v) is 10.9. The fourth-order valence-electron chi connectivity index (χ4n) is 4.07. The molecule has 1 fully saturated rings. The van der Waals surface area contributed by atoms with Crippen molar-refractivity contribution in [1.82, 2.24) is 9.88 Å². The Bertz CT molecular complexity index is 1250. The summed E-state index contributed by atoms with van der Waals surface area (Å²) in [5.41, 5.74) is 4.80. The Balaban J connectivity index is 1.53. The predicted octanol–water partition coefficient (Wildman–Crippen LogP) is 3.28. The SMILES string of the molecule is N#Cc1ccc(-c2ccc(OCC(=O)O)cc2CN2CCN(c3ccccc3C#N)CC2)cn1. The van der Waals surface area contributed by atoms with Crippen LogP contribution in [-0.2, 0) is 11.3 Å². The number of benzene rings is 2. The molecule has 34 heavy (non-hydrogen) atoms. The Kier molecular flexibility index (Phi) is 7.02. The van der Waals surface area contributed by atoms with E-state index < -0.39 is 12.6 Å². The van der Waals surface area contributed by atoms with Gasteiger partial charge in [0.25, 0.3) is 0 Å². The number of nitrogens with zero attached hydrogens (tertiary/aromatic N) is 5. The zero-order chi connectivity index (χ0) is 23.9. The minimum Gasteiger partial charge on any atom is -0.482 e. The summed E-state index contributed by atoms with van der Waals surface area (Å²) in [5.74, 6) is -0.542. The average Bonchev–Trinajstić information content (AvgIpc) is 2.88. The van der Waals surface area contributed by atoms with Gasteiger partial charge in [0, 0.05) is 44.5 Å². The van der Waals surface area contributed by atoms with E-state index >= 15 is 0 Å². The number of nitriles is 2. The van der Waals surface area contributed by atoms with Crippen molar-refractivity contribution in [2.24, 2.45) is 0 Å². The fraction of sp³-hybridized carbons (Fsp3) is 0.231. The zero-order valence-electron chi connectivity index (χ0n) is 18.5. The Morgan fingerprint density at radius 2 is 1.82 bits per heavy atom. The van der Waals surface area contributed by atoms with E-state index in [2.05, 4.69) is 20.9 Å². The molecule has 0 aliphatic carbocycles. The topological polar surface area (TPSA) is 113 Å². The monoisotopic (exact) mass is 453 g/mol. The predicted molar refractivity (Wildman–Crippen MR) is 126 cm³/mol. The summed E-state index contributed by atoms with van der Waals surface area (Å²) in [5, 5.41) is 27.4. The highest BCUT2D eigenvalue weighted by atomic mass is 16.5. The molecule has 170 valence electrons. The lowest BCUT2D eigenvalue weighted by Gasteiger charge is -2.36. The van der Waals surface area contributed by atoms with Gasteiger partial charge in [-0.3, -0.25) is 4.90 Å². The molecule has 3 aromatic rings. The highest BCUT2D eigenvalue weighted by Gasteiger charge is 2.20. The van der Waals surface area contributed by atoms with E-state index in [1.54, 1.807) is 18.3 Å². The third-order valence-corrected chi connectivity index (χ3v) is 5.76. The molecule has 1 aliphatic rings. The molecule has 1 saturated heterocycles. The Morgan fingerprint density at radius 3 is 2.50 bits per heavy atom. The largest absolute Gasteiger partial charge is 0.482 e. The Hall–Kier alpha value is -4.40. The molecule has 1 aromatic heterocycles. The van der Waals surface area contributed by atoms with Crippen LogP contribution in [0.15, 0.2) is 60.8 Å². The summed E-state index contributed by atoms with van der Waals surface area (Å²) in [6.07, 6.45) is 1.67. The maximum atomic E-state index is 10.9. The van der Waals surface area contributed by atoms with Gasteiger partial charge >= 0.3 is 5.97 Å². The lowest BCUT2D eigenvalue weighted by Crippen LogP contribution is -2.46. The Morgan fingerprint density at radius 1 is 1.03 bits per heavy atom. The molecular weight excluding hydrogens is 430 g/mol. The summed E-state index contributed by atoms with van der Waals surface area (Å²) in [7, 11) is 0. The van der Waals surface area contributed by atoms with Crippen LogP contribution in [0.2, 0.25) is 0 Å². The number of aliphatic carboxylic acids is 1.